The summed E-state index contributed by atoms with van der Waals surface area (Å²) < 4.78 is 0. The highest BCUT2D eigenvalue weighted by Gasteiger charge is 2.21. The van der Waals surface area contributed by atoms with Crippen LogP contribution in [0.4, 0.5) is 0 Å². The van der Waals surface area contributed by atoms with Crippen molar-refractivity contribution in [2.75, 3.05) is 13.6 Å². The normalized spacial score (nSPS) is 23.7. The summed E-state index contributed by atoms with van der Waals surface area (Å²) in [5.74, 6) is 0. The zero-order valence-electron chi connectivity index (χ0n) is 8.46. The van der Waals surface area contributed by atoms with Crippen molar-refractivity contribution in [3.05, 3.63) is 35.4 Å². The van der Waals surface area contributed by atoms with E-state index in [4.69, 9.17) is 0 Å². The number of hydrogen-bond acceptors (Lipinski definition) is 1. The van der Waals surface area contributed by atoms with Crippen molar-refractivity contribution in [3.63, 3.8) is 0 Å². The number of nitrogens with zero attached hydrogens (tertiary/aromatic N) is 1. The Kier molecular flexibility index (Phi) is 2.36. The zero-order chi connectivity index (χ0) is 9.26. The summed E-state index contributed by atoms with van der Waals surface area (Å²) in [5, 5.41) is 0. The average Bonchev–Trinajstić information content (AvgIpc) is 2.53. The van der Waals surface area contributed by atoms with Crippen LogP contribution >= 0.6 is 0 Å². The lowest BCUT2D eigenvalue weighted by Gasteiger charge is -2.19. The van der Waals surface area contributed by atoms with E-state index in [1.54, 1.807) is 0 Å². The van der Waals surface area contributed by atoms with Crippen molar-refractivity contribution in [1.82, 2.24) is 4.90 Å². The summed E-state index contributed by atoms with van der Waals surface area (Å²) in [6.07, 6.45) is 2.66. The number of likely N-dealkylation sites (tertiary alicyclic amines) is 1. The van der Waals surface area contributed by atoms with Gasteiger partial charge in [0.25, 0.3) is 0 Å². The maximum atomic E-state index is 2.45. The highest BCUT2D eigenvalue weighted by molar-refractivity contribution is 5.24. The molecule has 1 heteroatoms. The maximum absolute atomic E-state index is 2.45. The SMILES string of the molecule is Cc1ccc([C@@H]2CCCN2C)cc1. The van der Waals surface area contributed by atoms with Crippen LogP contribution in [0.1, 0.15) is 30.0 Å². The molecule has 1 aliphatic rings. The molecule has 1 aromatic carbocycles. The van der Waals surface area contributed by atoms with Crippen LogP contribution < -0.4 is 0 Å². The van der Waals surface area contributed by atoms with Gasteiger partial charge in [0.05, 0.1) is 0 Å². The zero-order valence-corrected chi connectivity index (χ0v) is 8.46. The summed E-state index contributed by atoms with van der Waals surface area (Å²) >= 11 is 0. The Morgan fingerprint density at radius 3 is 2.46 bits per heavy atom. The van der Waals surface area contributed by atoms with Crippen LogP contribution in [-0.2, 0) is 0 Å². The van der Waals surface area contributed by atoms with Gasteiger partial charge in [-0.2, -0.15) is 0 Å². The molecule has 0 radical (unpaired) electrons. The Balaban J connectivity index is 2.20. The molecule has 0 spiro atoms. The number of rotatable bonds is 1. The van der Waals surface area contributed by atoms with E-state index in [-0.39, 0.29) is 0 Å². The number of aryl methyl sites for hydroxylation is 1. The third kappa shape index (κ3) is 1.75. The van der Waals surface area contributed by atoms with Gasteiger partial charge in [-0.25, -0.2) is 0 Å². The van der Waals surface area contributed by atoms with Gasteiger partial charge in [-0.1, -0.05) is 29.8 Å². The highest BCUT2D eigenvalue weighted by Crippen LogP contribution is 2.29. The molecule has 0 amide bonds. The number of hydrogen-bond donors (Lipinski definition) is 0. The summed E-state index contributed by atoms with van der Waals surface area (Å²) in [5.41, 5.74) is 2.83. The molecule has 0 bridgehead atoms. The fourth-order valence-corrected chi connectivity index (χ4v) is 2.12. The van der Waals surface area contributed by atoms with Gasteiger partial charge in [0.15, 0.2) is 0 Å². The predicted octanol–water partition coefficient (Wildman–Crippen LogP) is 2.76. The fraction of sp³-hybridized carbons (Fsp3) is 0.500. The third-order valence-electron chi connectivity index (χ3n) is 2.98. The highest BCUT2D eigenvalue weighted by atomic mass is 15.1. The summed E-state index contributed by atoms with van der Waals surface area (Å²) in [7, 11) is 2.22. The molecule has 0 aliphatic carbocycles. The van der Waals surface area contributed by atoms with Crippen molar-refractivity contribution in [2.24, 2.45) is 0 Å². The summed E-state index contributed by atoms with van der Waals surface area (Å²) in [6, 6.07) is 9.62. The molecule has 0 saturated carbocycles. The fourth-order valence-electron chi connectivity index (χ4n) is 2.12. The molecule has 1 nitrogen and oxygen atoms in total. The first-order chi connectivity index (χ1) is 6.27. The maximum Gasteiger partial charge on any atom is 0.0345 e. The molecule has 1 heterocycles. The molecule has 1 aliphatic heterocycles. The van der Waals surface area contributed by atoms with Crippen molar-refractivity contribution < 1.29 is 0 Å². The minimum atomic E-state index is 0.667. The molecule has 0 unspecified atom stereocenters. The van der Waals surface area contributed by atoms with Gasteiger partial charge in [-0.15, -0.1) is 0 Å². The van der Waals surface area contributed by atoms with Gasteiger partial charge in [0, 0.05) is 6.04 Å². The summed E-state index contributed by atoms with van der Waals surface area (Å²) in [6.45, 7) is 3.39. The molecule has 2 rings (SSSR count). The molecular weight excluding hydrogens is 158 g/mol. The van der Waals surface area contributed by atoms with Crippen molar-refractivity contribution in [3.8, 4) is 0 Å². The topological polar surface area (TPSA) is 3.24 Å². The molecule has 0 aromatic heterocycles. The van der Waals surface area contributed by atoms with Crippen LogP contribution in [0.5, 0.6) is 0 Å². The lowest BCUT2D eigenvalue weighted by molar-refractivity contribution is 0.317. The Morgan fingerprint density at radius 2 is 1.92 bits per heavy atom. The quantitative estimate of drug-likeness (QED) is 0.634. The van der Waals surface area contributed by atoms with E-state index >= 15 is 0 Å². The Hall–Kier alpha value is -0.820. The van der Waals surface area contributed by atoms with Gasteiger partial charge in [0.1, 0.15) is 0 Å². The monoisotopic (exact) mass is 175 g/mol. The molecule has 1 saturated heterocycles. The van der Waals surface area contributed by atoms with Gasteiger partial charge in [0.2, 0.25) is 0 Å². The van der Waals surface area contributed by atoms with E-state index in [0.29, 0.717) is 6.04 Å². The van der Waals surface area contributed by atoms with Crippen LogP contribution in [0.25, 0.3) is 0 Å². The Bertz CT molecular complexity index is 276. The first-order valence-corrected chi connectivity index (χ1v) is 5.04. The standard InChI is InChI=1S/C12H17N/c1-10-5-7-11(8-6-10)12-4-3-9-13(12)2/h5-8,12H,3-4,9H2,1-2H3/t12-/m0/s1. The van der Waals surface area contributed by atoms with E-state index in [1.807, 2.05) is 0 Å². The van der Waals surface area contributed by atoms with Crippen LogP contribution in [0.3, 0.4) is 0 Å². The van der Waals surface area contributed by atoms with Crippen LogP contribution in [-0.4, -0.2) is 18.5 Å². The second-order valence-electron chi connectivity index (χ2n) is 4.05. The summed E-state index contributed by atoms with van der Waals surface area (Å²) in [4.78, 5) is 2.45. The molecule has 70 valence electrons. The van der Waals surface area contributed by atoms with Gasteiger partial charge < -0.3 is 0 Å². The van der Waals surface area contributed by atoms with Crippen molar-refractivity contribution in [1.29, 1.82) is 0 Å². The largest absolute Gasteiger partial charge is 0.299 e. The molecule has 13 heavy (non-hydrogen) atoms. The molecule has 1 aromatic rings. The molecule has 1 fully saturated rings. The molecule has 0 N–H and O–H groups in total. The minimum absolute atomic E-state index is 0.667. The van der Waals surface area contributed by atoms with Gasteiger partial charge in [-0.3, -0.25) is 4.90 Å². The van der Waals surface area contributed by atoms with Gasteiger partial charge >= 0.3 is 0 Å². The van der Waals surface area contributed by atoms with E-state index in [2.05, 4.69) is 43.1 Å². The Labute approximate surface area is 80.4 Å². The average molecular weight is 175 g/mol. The van der Waals surface area contributed by atoms with Crippen molar-refractivity contribution >= 4 is 0 Å². The molecule has 1 atom stereocenters. The third-order valence-corrected chi connectivity index (χ3v) is 2.98. The number of benzene rings is 1. The van der Waals surface area contributed by atoms with Crippen LogP contribution in [0.15, 0.2) is 24.3 Å². The van der Waals surface area contributed by atoms with E-state index in [9.17, 15) is 0 Å². The first kappa shape index (κ1) is 8.76. The molecular formula is C12H17N. The second kappa shape index (κ2) is 3.51. The predicted molar refractivity (Wildman–Crippen MR) is 55.8 cm³/mol. The lowest BCUT2D eigenvalue weighted by Crippen LogP contribution is -2.17. The van der Waals surface area contributed by atoms with E-state index in [0.717, 1.165) is 0 Å². The van der Waals surface area contributed by atoms with Crippen molar-refractivity contribution in [2.45, 2.75) is 25.8 Å². The van der Waals surface area contributed by atoms with Crippen LogP contribution in [0.2, 0.25) is 0 Å². The van der Waals surface area contributed by atoms with E-state index in [1.165, 1.54) is 30.5 Å². The van der Waals surface area contributed by atoms with Crippen LogP contribution in [0, 0.1) is 6.92 Å². The lowest BCUT2D eigenvalue weighted by atomic mass is 10.0. The Morgan fingerprint density at radius 1 is 1.23 bits per heavy atom. The second-order valence-corrected chi connectivity index (χ2v) is 4.05. The minimum Gasteiger partial charge on any atom is -0.299 e. The smallest absolute Gasteiger partial charge is 0.0345 e. The van der Waals surface area contributed by atoms with Gasteiger partial charge in [-0.05, 0) is 38.9 Å². The van der Waals surface area contributed by atoms with E-state index < -0.39 is 0 Å². The first-order valence-electron chi connectivity index (χ1n) is 5.04.